The molecule has 0 amide bonds. The Bertz CT molecular complexity index is 228. The fraction of sp³-hybridized carbons (Fsp3) is 1.00. The van der Waals surface area contributed by atoms with Crippen LogP contribution in [-0.2, 0) is 4.74 Å². The van der Waals surface area contributed by atoms with Gasteiger partial charge in [-0.25, -0.2) is 0 Å². The van der Waals surface area contributed by atoms with E-state index < -0.39 is 0 Å². The van der Waals surface area contributed by atoms with Crippen molar-refractivity contribution in [2.45, 2.75) is 65.6 Å². The minimum absolute atomic E-state index is 0.207. The van der Waals surface area contributed by atoms with Crippen molar-refractivity contribution in [2.24, 2.45) is 11.3 Å². The van der Waals surface area contributed by atoms with Gasteiger partial charge in [0.05, 0.1) is 6.10 Å². The summed E-state index contributed by atoms with van der Waals surface area (Å²) < 4.78 is 5.74. The van der Waals surface area contributed by atoms with E-state index in [4.69, 9.17) is 9.84 Å². The summed E-state index contributed by atoms with van der Waals surface area (Å²) in [5.41, 5.74) is 0.207. The Balaban J connectivity index is 2.47. The van der Waals surface area contributed by atoms with Crippen molar-refractivity contribution < 1.29 is 9.84 Å². The van der Waals surface area contributed by atoms with Gasteiger partial charge < -0.3 is 15.2 Å². The molecule has 3 nitrogen and oxygen atoms in total. The van der Waals surface area contributed by atoms with E-state index in [1.54, 1.807) is 0 Å². The molecule has 1 fully saturated rings. The van der Waals surface area contributed by atoms with Gasteiger partial charge in [0, 0.05) is 30.7 Å². The molecule has 1 aliphatic rings. The lowest BCUT2D eigenvalue weighted by atomic mass is 9.64. The van der Waals surface area contributed by atoms with Crippen LogP contribution >= 0.6 is 0 Å². The monoisotopic (exact) mass is 243 g/mol. The van der Waals surface area contributed by atoms with Crippen molar-refractivity contribution in [3.8, 4) is 0 Å². The highest BCUT2D eigenvalue weighted by Crippen LogP contribution is 2.43. The topological polar surface area (TPSA) is 41.5 Å². The van der Waals surface area contributed by atoms with Crippen molar-refractivity contribution in [2.75, 3.05) is 13.2 Å². The summed E-state index contributed by atoms with van der Waals surface area (Å²) in [4.78, 5) is 0. The third kappa shape index (κ3) is 3.43. The van der Waals surface area contributed by atoms with Gasteiger partial charge in [0.15, 0.2) is 0 Å². The first kappa shape index (κ1) is 14.9. The predicted octanol–water partition coefficient (Wildman–Crippen LogP) is 2.19. The van der Waals surface area contributed by atoms with E-state index in [2.05, 4.69) is 39.9 Å². The third-order valence-corrected chi connectivity index (χ3v) is 4.21. The van der Waals surface area contributed by atoms with E-state index in [1.807, 2.05) is 0 Å². The number of aliphatic hydroxyl groups is 1. The number of rotatable bonds is 7. The van der Waals surface area contributed by atoms with Crippen LogP contribution in [0.2, 0.25) is 0 Å². The summed E-state index contributed by atoms with van der Waals surface area (Å²) in [6.45, 7) is 12.1. The molecule has 3 heteroatoms. The fourth-order valence-corrected chi connectivity index (χ4v) is 2.66. The molecule has 0 heterocycles. The Morgan fingerprint density at radius 2 is 2.06 bits per heavy atom. The first-order valence-corrected chi connectivity index (χ1v) is 6.92. The first-order valence-electron chi connectivity index (χ1n) is 6.92. The Hall–Kier alpha value is -0.120. The van der Waals surface area contributed by atoms with Crippen LogP contribution in [0.5, 0.6) is 0 Å². The van der Waals surface area contributed by atoms with Gasteiger partial charge in [-0.1, -0.05) is 27.7 Å². The summed E-state index contributed by atoms with van der Waals surface area (Å²) in [5.74, 6) is 0.559. The molecule has 0 aromatic heterocycles. The van der Waals surface area contributed by atoms with Crippen molar-refractivity contribution >= 4 is 0 Å². The highest BCUT2D eigenvalue weighted by molar-refractivity contribution is 5.03. The molecule has 0 spiro atoms. The maximum Gasteiger partial charge on any atom is 0.0655 e. The van der Waals surface area contributed by atoms with Gasteiger partial charge in [0.25, 0.3) is 0 Å². The molecule has 3 atom stereocenters. The minimum Gasteiger partial charge on any atom is -0.396 e. The zero-order valence-electron chi connectivity index (χ0n) is 12.0. The van der Waals surface area contributed by atoms with Crippen LogP contribution in [0.4, 0.5) is 0 Å². The second kappa shape index (κ2) is 6.17. The van der Waals surface area contributed by atoms with Crippen LogP contribution in [0, 0.1) is 11.3 Å². The standard InChI is InChI=1S/C14H29NO2/c1-6-17-13-9-12(14(13,4)5)15-11(7-8-16)10(2)3/h10-13,15-16H,6-9H2,1-5H3. The van der Waals surface area contributed by atoms with E-state index in [0.717, 1.165) is 19.4 Å². The summed E-state index contributed by atoms with van der Waals surface area (Å²) in [6, 6.07) is 0.921. The van der Waals surface area contributed by atoms with Crippen LogP contribution in [0.15, 0.2) is 0 Å². The lowest BCUT2D eigenvalue weighted by Crippen LogP contribution is -2.63. The van der Waals surface area contributed by atoms with E-state index in [-0.39, 0.29) is 12.0 Å². The van der Waals surface area contributed by atoms with Crippen LogP contribution in [0.3, 0.4) is 0 Å². The molecule has 3 unspecified atom stereocenters. The third-order valence-electron chi connectivity index (χ3n) is 4.21. The number of hydrogen-bond acceptors (Lipinski definition) is 3. The number of ether oxygens (including phenoxy) is 1. The molecule has 17 heavy (non-hydrogen) atoms. The highest BCUT2D eigenvalue weighted by Gasteiger charge is 2.49. The molecule has 0 bridgehead atoms. The minimum atomic E-state index is 0.207. The molecular formula is C14H29NO2. The number of aliphatic hydroxyl groups excluding tert-OH is 1. The molecular weight excluding hydrogens is 214 g/mol. The normalized spacial score (nSPS) is 29.1. The lowest BCUT2D eigenvalue weighted by Gasteiger charge is -2.53. The van der Waals surface area contributed by atoms with Gasteiger partial charge in [-0.3, -0.25) is 0 Å². The van der Waals surface area contributed by atoms with Gasteiger partial charge in [-0.05, 0) is 25.7 Å². The van der Waals surface area contributed by atoms with Crippen molar-refractivity contribution in [1.29, 1.82) is 0 Å². The molecule has 0 aromatic rings. The summed E-state index contributed by atoms with van der Waals surface area (Å²) in [6.07, 6.45) is 2.31. The maximum absolute atomic E-state index is 9.09. The fourth-order valence-electron chi connectivity index (χ4n) is 2.66. The molecule has 2 N–H and O–H groups in total. The Kier molecular flexibility index (Phi) is 5.42. The largest absolute Gasteiger partial charge is 0.396 e. The lowest BCUT2D eigenvalue weighted by molar-refractivity contribution is -0.117. The second-order valence-electron chi connectivity index (χ2n) is 6.08. The van der Waals surface area contributed by atoms with Crippen molar-refractivity contribution in [3.05, 3.63) is 0 Å². The second-order valence-corrected chi connectivity index (χ2v) is 6.08. The Morgan fingerprint density at radius 3 is 2.47 bits per heavy atom. The first-order chi connectivity index (χ1) is 7.93. The smallest absolute Gasteiger partial charge is 0.0655 e. The van der Waals surface area contributed by atoms with Crippen LogP contribution < -0.4 is 5.32 Å². The number of hydrogen-bond donors (Lipinski definition) is 2. The van der Waals surface area contributed by atoms with E-state index in [0.29, 0.717) is 24.1 Å². The van der Waals surface area contributed by atoms with Gasteiger partial charge in [-0.15, -0.1) is 0 Å². The summed E-state index contributed by atoms with van der Waals surface area (Å²) in [7, 11) is 0. The van der Waals surface area contributed by atoms with Gasteiger partial charge in [-0.2, -0.15) is 0 Å². The summed E-state index contributed by atoms with van der Waals surface area (Å²) in [5, 5.41) is 12.8. The van der Waals surface area contributed by atoms with Gasteiger partial charge in [0.1, 0.15) is 0 Å². The predicted molar refractivity (Wildman–Crippen MR) is 71.1 cm³/mol. The molecule has 0 aliphatic heterocycles. The van der Waals surface area contributed by atoms with Crippen molar-refractivity contribution in [3.63, 3.8) is 0 Å². The van der Waals surface area contributed by atoms with Gasteiger partial charge >= 0.3 is 0 Å². The Morgan fingerprint density at radius 1 is 1.41 bits per heavy atom. The van der Waals surface area contributed by atoms with Crippen molar-refractivity contribution in [1.82, 2.24) is 5.32 Å². The molecule has 0 saturated heterocycles. The van der Waals surface area contributed by atoms with Gasteiger partial charge in [0.2, 0.25) is 0 Å². The zero-order chi connectivity index (χ0) is 13.1. The Labute approximate surface area is 106 Å². The average Bonchev–Trinajstić information content (AvgIpc) is 2.26. The zero-order valence-corrected chi connectivity index (χ0v) is 12.0. The van der Waals surface area contributed by atoms with E-state index in [9.17, 15) is 0 Å². The van der Waals surface area contributed by atoms with Crippen LogP contribution in [0.25, 0.3) is 0 Å². The molecule has 1 aliphatic carbocycles. The van der Waals surface area contributed by atoms with Crippen LogP contribution in [0.1, 0.15) is 47.5 Å². The maximum atomic E-state index is 9.09. The molecule has 0 aromatic carbocycles. The quantitative estimate of drug-likeness (QED) is 0.720. The highest BCUT2D eigenvalue weighted by atomic mass is 16.5. The average molecular weight is 243 g/mol. The SMILES string of the molecule is CCOC1CC(NC(CCO)C(C)C)C1(C)C. The molecule has 1 rings (SSSR count). The summed E-state index contributed by atoms with van der Waals surface area (Å²) >= 11 is 0. The van der Waals surface area contributed by atoms with E-state index >= 15 is 0 Å². The van der Waals surface area contributed by atoms with E-state index in [1.165, 1.54) is 0 Å². The molecule has 1 saturated carbocycles. The number of nitrogens with one attached hydrogen (secondary N) is 1. The van der Waals surface area contributed by atoms with Crippen LogP contribution in [-0.4, -0.2) is 36.5 Å². The molecule has 102 valence electrons. The molecule has 0 radical (unpaired) electrons.